The van der Waals surface area contributed by atoms with Crippen LogP contribution in [0.15, 0.2) is 30.3 Å². The van der Waals surface area contributed by atoms with Crippen LogP contribution in [0.2, 0.25) is 0 Å². The minimum atomic E-state index is -0.460. The van der Waals surface area contributed by atoms with Crippen LogP contribution in [-0.4, -0.2) is 54.8 Å². The third-order valence-corrected chi connectivity index (χ3v) is 5.75. The highest BCUT2D eigenvalue weighted by atomic mass is 16.2. The van der Waals surface area contributed by atoms with Crippen LogP contribution < -0.4 is 5.32 Å². The Labute approximate surface area is 156 Å². The first-order chi connectivity index (χ1) is 12.7. The third-order valence-electron chi connectivity index (χ3n) is 5.75. The number of piperidine rings is 2. The van der Waals surface area contributed by atoms with Gasteiger partial charge in [0.25, 0.3) is 0 Å². The van der Waals surface area contributed by atoms with E-state index in [1.54, 1.807) is 0 Å². The molecule has 5 nitrogen and oxygen atoms in total. The number of carbonyl (C=O) groups excluding carboxylic acids is 2. The molecule has 0 aromatic heterocycles. The van der Waals surface area contributed by atoms with Gasteiger partial charge in [-0.3, -0.25) is 9.59 Å². The topological polar surface area (TPSA) is 52.7 Å². The summed E-state index contributed by atoms with van der Waals surface area (Å²) in [5.74, 6) is 0.902. The lowest BCUT2D eigenvalue weighted by molar-refractivity contribution is -0.148. The molecule has 0 saturated carbocycles. The smallest absolute Gasteiger partial charge is 0.250 e. The van der Waals surface area contributed by atoms with Crippen LogP contribution in [-0.2, 0) is 9.59 Å². The number of likely N-dealkylation sites (tertiary alicyclic amines) is 2. The first-order valence-electron chi connectivity index (χ1n) is 9.98. The van der Waals surface area contributed by atoms with Gasteiger partial charge >= 0.3 is 0 Å². The van der Waals surface area contributed by atoms with E-state index in [9.17, 15) is 9.59 Å². The number of benzene rings is 1. The Balaban J connectivity index is 1.73. The molecule has 142 valence electrons. The van der Waals surface area contributed by atoms with Crippen LogP contribution in [0.5, 0.6) is 0 Å². The summed E-state index contributed by atoms with van der Waals surface area (Å²) < 4.78 is 0. The minimum Gasteiger partial charge on any atom is -0.341 e. The third kappa shape index (κ3) is 4.44. The minimum absolute atomic E-state index is 0.0958. The molecular weight excluding hydrogens is 326 g/mol. The number of rotatable bonds is 6. The fourth-order valence-corrected chi connectivity index (χ4v) is 4.15. The van der Waals surface area contributed by atoms with E-state index in [0.717, 1.165) is 50.9 Å². The van der Waals surface area contributed by atoms with Crippen LogP contribution in [0, 0.1) is 5.92 Å². The first-order valence-corrected chi connectivity index (χ1v) is 9.98. The van der Waals surface area contributed by atoms with Gasteiger partial charge in [0, 0.05) is 26.1 Å². The van der Waals surface area contributed by atoms with Gasteiger partial charge in [-0.25, -0.2) is 0 Å². The standard InChI is InChI=1S/C21H31N3O2/c1-22-13-10-17-11-15-23(16-12-17)21(26)20(18-7-3-2-4-8-18)24-14-6-5-9-19(24)25/h2-4,7-8,17,20,22H,5-6,9-16H2,1H3. The Bertz CT molecular complexity index is 597. The van der Waals surface area contributed by atoms with Crippen molar-refractivity contribution in [2.45, 2.75) is 44.6 Å². The molecule has 5 heteroatoms. The predicted molar refractivity (Wildman–Crippen MR) is 103 cm³/mol. The lowest BCUT2D eigenvalue weighted by atomic mass is 9.92. The van der Waals surface area contributed by atoms with Crippen LogP contribution in [0.3, 0.4) is 0 Å². The zero-order chi connectivity index (χ0) is 18.4. The van der Waals surface area contributed by atoms with Gasteiger partial charge in [0.05, 0.1) is 0 Å². The van der Waals surface area contributed by atoms with E-state index in [0.29, 0.717) is 18.9 Å². The number of nitrogens with zero attached hydrogens (tertiary/aromatic N) is 2. The Hall–Kier alpha value is -1.88. The highest BCUT2D eigenvalue weighted by Gasteiger charge is 2.36. The maximum absolute atomic E-state index is 13.4. The Morgan fingerprint density at radius 1 is 1.15 bits per heavy atom. The summed E-state index contributed by atoms with van der Waals surface area (Å²) in [6.07, 6.45) is 5.76. The summed E-state index contributed by atoms with van der Waals surface area (Å²) in [7, 11) is 1.98. The molecule has 0 radical (unpaired) electrons. The zero-order valence-corrected chi connectivity index (χ0v) is 15.8. The second-order valence-electron chi connectivity index (χ2n) is 7.52. The van der Waals surface area contributed by atoms with Crippen molar-refractivity contribution < 1.29 is 9.59 Å². The number of carbonyl (C=O) groups is 2. The normalized spacial score (nSPS) is 20.3. The molecule has 2 amide bonds. The van der Waals surface area contributed by atoms with Crippen molar-refractivity contribution in [1.82, 2.24) is 15.1 Å². The van der Waals surface area contributed by atoms with E-state index < -0.39 is 6.04 Å². The van der Waals surface area contributed by atoms with E-state index in [2.05, 4.69) is 5.32 Å². The first kappa shape index (κ1) is 18.9. The fourth-order valence-electron chi connectivity index (χ4n) is 4.15. The molecule has 0 spiro atoms. The van der Waals surface area contributed by atoms with Crippen molar-refractivity contribution >= 4 is 11.8 Å². The van der Waals surface area contributed by atoms with Gasteiger partial charge in [0.2, 0.25) is 11.8 Å². The Kier molecular flexibility index (Phi) is 6.67. The molecular formula is C21H31N3O2. The SMILES string of the molecule is CNCCC1CCN(C(=O)C(c2ccccc2)N2CCCCC2=O)CC1. The van der Waals surface area contributed by atoms with E-state index in [1.807, 2.05) is 47.2 Å². The number of nitrogens with one attached hydrogen (secondary N) is 1. The zero-order valence-electron chi connectivity index (χ0n) is 15.8. The van der Waals surface area contributed by atoms with Crippen molar-refractivity contribution in [3.8, 4) is 0 Å². The summed E-state index contributed by atoms with van der Waals surface area (Å²) in [6, 6.07) is 9.35. The summed E-state index contributed by atoms with van der Waals surface area (Å²) >= 11 is 0. The second kappa shape index (κ2) is 9.17. The summed E-state index contributed by atoms with van der Waals surface area (Å²) in [6.45, 7) is 3.33. The Morgan fingerprint density at radius 3 is 2.54 bits per heavy atom. The van der Waals surface area contributed by atoms with Gasteiger partial charge in [-0.1, -0.05) is 30.3 Å². The van der Waals surface area contributed by atoms with Crippen molar-refractivity contribution in [2.24, 2.45) is 5.92 Å². The molecule has 3 rings (SSSR count). The molecule has 2 aliphatic rings. The quantitative estimate of drug-likeness (QED) is 0.851. The molecule has 2 aliphatic heterocycles. The second-order valence-corrected chi connectivity index (χ2v) is 7.52. The van der Waals surface area contributed by atoms with Crippen LogP contribution in [0.1, 0.15) is 50.1 Å². The van der Waals surface area contributed by atoms with Crippen LogP contribution in [0.4, 0.5) is 0 Å². The fraction of sp³-hybridized carbons (Fsp3) is 0.619. The lowest BCUT2D eigenvalue weighted by Crippen LogP contribution is -2.49. The highest BCUT2D eigenvalue weighted by Crippen LogP contribution is 2.29. The van der Waals surface area contributed by atoms with Crippen molar-refractivity contribution in [3.63, 3.8) is 0 Å². The molecule has 1 aromatic rings. The molecule has 0 bridgehead atoms. The van der Waals surface area contributed by atoms with Crippen molar-refractivity contribution in [3.05, 3.63) is 35.9 Å². The summed E-state index contributed by atoms with van der Waals surface area (Å²) in [5, 5.41) is 3.21. The van der Waals surface area contributed by atoms with E-state index in [-0.39, 0.29) is 11.8 Å². The van der Waals surface area contributed by atoms with Crippen LogP contribution >= 0.6 is 0 Å². The molecule has 2 saturated heterocycles. The molecule has 1 aromatic carbocycles. The molecule has 1 unspecified atom stereocenters. The lowest BCUT2D eigenvalue weighted by Gasteiger charge is -2.39. The maximum Gasteiger partial charge on any atom is 0.250 e. The van der Waals surface area contributed by atoms with E-state index in [1.165, 1.54) is 6.42 Å². The Morgan fingerprint density at radius 2 is 1.88 bits per heavy atom. The molecule has 0 aliphatic carbocycles. The predicted octanol–water partition coefficient (Wildman–Crippen LogP) is 2.59. The average Bonchev–Trinajstić information content (AvgIpc) is 2.69. The molecule has 2 heterocycles. The molecule has 26 heavy (non-hydrogen) atoms. The van der Waals surface area contributed by atoms with Crippen LogP contribution in [0.25, 0.3) is 0 Å². The largest absolute Gasteiger partial charge is 0.341 e. The maximum atomic E-state index is 13.4. The molecule has 1 N–H and O–H groups in total. The van der Waals surface area contributed by atoms with Gasteiger partial charge in [0.15, 0.2) is 0 Å². The average molecular weight is 357 g/mol. The van der Waals surface area contributed by atoms with Gasteiger partial charge in [-0.15, -0.1) is 0 Å². The van der Waals surface area contributed by atoms with Gasteiger partial charge < -0.3 is 15.1 Å². The van der Waals surface area contributed by atoms with E-state index >= 15 is 0 Å². The molecule has 2 fully saturated rings. The van der Waals surface area contributed by atoms with Crippen molar-refractivity contribution in [1.29, 1.82) is 0 Å². The van der Waals surface area contributed by atoms with E-state index in [4.69, 9.17) is 0 Å². The number of hydrogen-bond acceptors (Lipinski definition) is 3. The summed E-state index contributed by atoms with van der Waals surface area (Å²) in [5.41, 5.74) is 0.935. The highest BCUT2D eigenvalue weighted by molar-refractivity contribution is 5.89. The van der Waals surface area contributed by atoms with Gasteiger partial charge in [-0.05, 0) is 57.2 Å². The monoisotopic (exact) mass is 357 g/mol. The number of hydrogen-bond donors (Lipinski definition) is 1. The van der Waals surface area contributed by atoms with Gasteiger partial charge in [-0.2, -0.15) is 0 Å². The van der Waals surface area contributed by atoms with Crippen molar-refractivity contribution in [2.75, 3.05) is 33.2 Å². The molecule has 1 atom stereocenters. The summed E-state index contributed by atoms with van der Waals surface area (Å²) in [4.78, 5) is 29.7. The number of amides is 2. The van der Waals surface area contributed by atoms with Gasteiger partial charge in [0.1, 0.15) is 6.04 Å².